The van der Waals surface area contributed by atoms with Crippen LogP contribution in [0.5, 0.6) is 0 Å². The van der Waals surface area contributed by atoms with Crippen molar-refractivity contribution in [2.45, 2.75) is 18.4 Å². The second kappa shape index (κ2) is 5.62. The molecule has 1 heterocycles. The third-order valence-electron chi connectivity index (χ3n) is 2.82. The molecule has 21 heavy (non-hydrogen) atoms. The van der Waals surface area contributed by atoms with Crippen LogP contribution in [-0.2, 0) is 16.6 Å². The van der Waals surface area contributed by atoms with E-state index >= 15 is 0 Å². The largest absolute Gasteiger partial charge is 0.361 e. The van der Waals surface area contributed by atoms with Crippen molar-refractivity contribution in [3.63, 3.8) is 0 Å². The Morgan fingerprint density at radius 3 is 2.43 bits per heavy atom. The van der Waals surface area contributed by atoms with Crippen molar-refractivity contribution in [1.82, 2.24) is 9.46 Å². The van der Waals surface area contributed by atoms with E-state index in [1.165, 1.54) is 19.2 Å². The lowest BCUT2D eigenvalue weighted by Crippen LogP contribution is -2.26. The number of aromatic nitrogens is 1. The molecule has 0 aliphatic rings. The summed E-state index contributed by atoms with van der Waals surface area (Å²) < 4.78 is 30.6. The lowest BCUT2D eigenvalue weighted by atomic mass is 10.3. The lowest BCUT2D eigenvalue weighted by molar-refractivity contribution is -0.384. The van der Waals surface area contributed by atoms with Gasteiger partial charge in [-0.25, -0.2) is 8.42 Å². The second-order valence-corrected chi connectivity index (χ2v) is 6.49. The average Bonchev–Trinajstić information content (AvgIpc) is 2.84. The van der Waals surface area contributed by atoms with Gasteiger partial charge in [-0.1, -0.05) is 5.16 Å². The number of non-ortho nitro benzene ring substituents is 1. The van der Waals surface area contributed by atoms with Crippen LogP contribution in [-0.4, -0.2) is 29.9 Å². The van der Waals surface area contributed by atoms with E-state index in [-0.39, 0.29) is 17.1 Å². The molecule has 0 spiro atoms. The number of nitro benzene ring substituents is 1. The van der Waals surface area contributed by atoms with Crippen LogP contribution < -0.4 is 0 Å². The molecule has 0 amide bonds. The summed E-state index contributed by atoms with van der Waals surface area (Å²) in [5.74, 6) is 0.589. The minimum absolute atomic E-state index is 0.0178. The first-order valence-corrected chi connectivity index (χ1v) is 7.37. The summed E-state index contributed by atoms with van der Waals surface area (Å²) in [7, 11) is -2.34. The quantitative estimate of drug-likeness (QED) is 0.614. The van der Waals surface area contributed by atoms with E-state index in [9.17, 15) is 18.5 Å². The van der Waals surface area contributed by atoms with Gasteiger partial charge in [0.05, 0.1) is 22.1 Å². The molecule has 0 saturated carbocycles. The highest BCUT2D eigenvalue weighted by atomic mass is 32.2. The zero-order valence-corrected chi connectivity index (χ0v) is 12.2. The minimum Gasteiger partial charge on any atom is -0.361 e. The van der Waals surface area contributed by atoms with Gasteiger partial charge in [-0.3, -0.25) is 10.1 Å². The molecule has 112 valence electrons. The third kappa shape index (κ3) is 3.26. The number of hydrogen-bond acceptors (Lipinski definition) is 6. The Labute approximate surface area is 121 Å². The summed E-state index contributed by atoms with van der Waals surface area (Å²) in [4.78, 5) is 9.96. The Hall–Kier alpha value is -2.26. The van der Waals surface area contributed by atoms with E-state index in [4.69, 9.17) is 4.52 Å². The van der Waals surface area contributed by atoms with Crippen molar-refractivity contribution in [3.8, 4) is 0 Å². The molecule has 1 aromatic carbocycles. The molecular weight excluding hydrogens is 298 g/mol. The minimum atomic E-state index is -3.74. The Bertz CT molecular complexity index is 751. The van der Waals surface area contributed by atoms with Crippen molar-refractivity contribution in [3.05, 3.63) is 51.9 Å². The number of aryl methyl sites for hydroxylation is 1. The monoisotopic (exact) mass is 311 g/mol. The van der Waals surface area contributed by atoms with E-state index in [2.05, 4.69) is 5.16 Å². The van der Waals surface area contributed by atoms with Gasteiger partial charge >= 0.3 is 0 Å². The van der Waals surface area contributed by atoms with Crippen molar-refractivity contribution in [2.75, 3.05) is 7.05 Å². The van der Waals surface area contributed by atoms with Crippen LogP contribution in [0.4, 0.5) is 5.69 Å². The molecule has 0 aliphatic heterocycles. The Morgan fingerprint density at radius 2 is 1.95 bits per heavy atom. The van der Waals surface area contributed by atoms with Crippen LogP contribution in [0.3, 0.4) is 0 Å². The SMILES string of the molecule is Cc1cc(CN(C)S(=O)(=O)c2ccc([N+](=O)[O-])cc2)no1. The van der Waals surface area contributed by atoms with Crippen LogP contribution in [0.25, 0.3) is 0 Å². The molecule has 2 rings (SSSR count). The van der Waals surface area contributed by atoms with E-state index < -0.39 is 14.9 Å². The van der Waals surface area contributed by atoms with Gasteiger partial charge in [0.25, 0.3) is 5.69 Å². The summed E-state index contributed by atoms with van der Waals surface area (Å²) in [5.41, 5.74) is 0.323. The van der Waals surface area contributed by atoms with E-state index in [1.54, 1.807) is 13.0 Å². The van der Waals surface area contributed by atoms with Crippen molar-refractivity contribution >= 4 is 15.7 Å². The van der Waals surface area contributed by atoms with Crippen molar-refractivity contribution < 1.29 is 17.9 Å². The lowest BCUT2D eigenvalue weighted by Gasteiger charge is -2.15. The molecule has 0 radical (unpaired) electrons. The van der Waals surface area contributed by atoms with Gasteiger partial charge in [0.2, 0.25) is 10.0 Å². The van der Waals surface area contributed by atoms with Crippen LogP contribution in [0.1, 0.15) is 11.5 Å². The molecule has 1 aromatic heterocycles. The van der Waals surface area contributed by atoms with Gasteiger partial charge < -0.3 is 4.52 Å². The van der Waals surface area contributed by atoms with Gasteiger partial charge in [-0.05, 0) is 19.1 Å². The summed E-state index contributed by atoms with van der Waals surface area (Å²) in [6, 6.07) is 6.36. The molecule has 0 fully saturated rings. The maximum absolute atomic E-state index is 12.3. The average molecular weight is 311 g/mol. The van der Waals surface area contributed by atoms with Crippen LogP contribution in [0.15, 0.2) is 39.8 Å². The molecule has 0 bridgehead atoms. The Balaban J connectivity index is 2.22. The maximum atomic E-state index is 12.3. The van der Waals surface area contributed by atoms with Crippen molar-refractivity contribution in [2.24, 2.45) is 0 Å². The van der Waals surface area contributed by atoms with Gasteiger partial charge in [-0.2, -0.15) is 4.31 Å². The Morgan fingerprint density at radius 1 is 1.33 bits per heavy atom. The predicted molar refractivity (Wildman–Crippen MR) is 73.0 cm³/mol. The smallest absolute Gasteiger partial charge is 0.269 e. The number of benzene rings is 1. The van der Waals surface area contributed by atoms with Crippen LogP contribution >= 0.6 is 0 Å². The molecule has 2 aromatic rings. The standard InChI is InChI=1S/C12H13N3O5S/c1-9-7-10(13-20-9)8-14(2)21(18,19)12-5-3-11(4-6-12)15(16)17/h3-7H,8H2,1-2H3. The zero-order chi connectivity index (χ0) is 15.6. The van der Waals surface area contributed by atoms with E-state index in [0.29, 0.717) is 11.5 Å². The predicted octanol–water partition coefficient (Wildman–Crippen LogP) is 1.71. The highest BCUT2D eigenvalue weighted by molar-refractivity contribution is 7.89. The fourth-order valence-corrected chi connectivity index (χ4v) is 2.87. The van der Waals surface area contributed by atoms with Gasteiger partial charge in [0, 0.05) is 25.2 Å². The molecule has 8 nitrogen and oxygen atoms in total. The second-order valence-electron chi connectivity index (χ2n) is 4.44. The van der Waals surface area contributed by atoms with Gasteiger partial charge in [0.15, 0.2) is 0 Å². The van der Waals surface area contributed by atoms with Crippen LogP contribution in [0.2, 0.25) is 0 Å². The number of hydrogen-bond donors (Lipinski definition) is 0. The third-order valence-corrected chi connectivity index (χ3v) is 4.63. The first-order chi connectivity index (χ1) is 9.80. The van der Waals surface area contributed by atoms with E-state index in [0.717, 1.165) is 16.4 Å². The number of sulfonamides is 1. The first-order valence-electron chi connectivity index (χ1n) is 5.93. The molecule has 0 N–H and O–H groups in total. The molecular formula is C12H13N3O5S. The topological polar surface area (TPSA) is 107 Å². The number of rotatable bonds is 5. The summed E-state index contributed by atoms with van der Waals surface area (Å²) >= 11 is 0. The van der Waals surface area contributed by atoms with Crippen LogP contribution in [0, 0.1) is 17.0 Å². The normalized spacial score (nSPS) is 11.8. The van der Waals surface area contributed by atoms with Crippen molar-refractivity contribution in [1.29, 1.82) is 0 Å². The molecule has 0 atom stereocenters. The molecule has 0 aliphatic carbocycles. The van der Waals surface area contributed by atoms with E-state index in [1.807, 2.05) is 0 Å². The van der Waals surface area contributed by atoms with Gasteiger partial charge in [-0.15, -0.1) is 0 Å². The zero-order valence-electron chi connectivity index (χ0n) is 11.4. The fourth-order valence-electron chi connectivity index (χ4n) is 1.73. The number of nitrogens with zero attached hydrogens (tertiary/aromatic N) is 3. The summed E-state index contributed by atoms with van der Waals surface area (Å²) in [6.07, 6.45) is 0. The maximum Gasteiger partial charge on any atom is 0.269 e. The highest BCUT2D eigenvalue weighted by Crippen LogP contribution is 2.20. The molecule has 0 unspecified atom stereocenters. The fraction of sp³-hybridized carbons (Fsp3) is 0.250. The van der Waals surface area contributed by atoms with Gasteiger partial charge in [0.1, 0.15) is 5.76 Å². The molecule has 9 heteroatoms. The highest BCUT2D eigenvalue weighted by Gasteiger charge is 2.22. The summed E-state index contributed by atoms with van der Waals surface area (Å²) in [5, 5.41) is 14.3. The Kier molecular flexibility index (Phi) is 4.05. The number of nitro groups is 1. The molecule has 0 saturated heterocycles. The summed E-state index contributed by atoms with van der Waals surface area (Å²) in [6.45, 7) is 1.76. The first kappa shape index (κ1) is 15.1.